The number of hydrogen-bond acceptors (Lipinski definition) is 3. The fourth-order valence-electron chi connectivity index (χ4n) is 3.63. The summed E-state index contributed by atoms with van der Waals surface area (Å²) >= 11 is 0. The third-order valence-corrected chi connectivity index (χ3v) is 7.02. The van der Waals surface area contributed by atoms with Crippen LogP contribution in [0.2, 0.25) is 0 Å². The van der Waals surface area contributed by atoms with Gasteiger partial charge in [0.25, 0.3) is 5.91 Å². The first-order chi connectivity index (χ1) is 13.8. The topological polar surface area (TPSA) is 75.3 Å². The molecule has 2 aromatic carbocycles. The maximum absolute atomic E-state index is 14.3. The fourth-order valence-corrected chi connectivity index (χ4v) is 5.03. The van der Waals surface area contributed by atoms with Crippen molar-refractivity contribution in [2.45, 2.75) is 56.9 Å². The van der Waals surface area contributed by atoms with Crippen LogP contribution in [0.25, 0.3) is 0 Å². The summed E-state index contributed by atoms with van der Waals surface area (Å²) < 4.78 is 42.6. The van der Waals surface area contributed by atoms with Gasteiger partial charge in [-0.3, -0.25) is 4.79 Å². The lowest BCUT2D eigenvalue weighted by Crippen LogP contribution is -2.41. The standard InChI is InChI=1S/C22H27FN2O3S/c1-3-16-8-10-17(11-9-16)24-22(26)19-14-18(12-13-20(19)23)29(27,28)25-21-7-5-4-6-15(21)2/h8-15,21,25H,3-7H2,1-2H3,(H,24,26)/t15-,21-/m0/s1. The molecule has 156 valence electrons. The Labute approximate surface area is 171 Å². The van der Waals surface area contributed by atoms with E-state index in [1.807, 2.05) is 26.0 Å². The number of aryl methyl sites for hydroxylation is 1. The molecule has 0 unspecified atom stereocenters. The molecule has 29 heavy (non-hydrogen) atoms. The molecule has 0 aromatic heterocycles. The molecule has 2 aromatic rings. The van der Waals surface area contributed by atoms with Gasteiger partial charge in [0, 0.05) is 11.7 Å². The molecule has 1 aliphatic carbocycles. The maximum atomic E-state index is 14.3. The lowest BCUT2D eigenvalue weighted by molar-refractivity contribution is 0.102. The third-order valence-electron chi connectivity index (χ3n) is 5.53. The number of carbonyl (C=O) groups excluding carboxylic acids is 1. The van der Waals surface area contributed by atoms with E-state index in [1.54, 1.807) is 12.1 Å². The lowest BCUT2D eigenvalue weighted by Gasteiger charge is -2.29. The minimum Gasteiger partial charge on any atom is -0.322 e. The smallest absolute Gasteiger partial charge is 0.258 e. The van der Waals surface area contributed by atoms with E-state index in [4.69, 9.17) is 0 Å². The molecule has 1 fully saturated rings. The zero-order valence-electron chi connectivity index (χ0n) is 16.7. The van der Waals surface area contributed by atoms with Crippen molar-refractivity contribution in [3.63, 3.8) is 0 Å². The monoisotopic (exact) mass is 418 g/mol. The molecule has 0 saturated heterocycles. The highest BCUT2D eigenvalue weighted by atomic mass is 32.2. The summed E-state index contributed by atoms with van der Waals surface area (Å²) in [6.07, 6.45) is 4.70. The summed E-state index contributed by atoms with van der Waals surface area (Å²) in [6, 6.07) is 10.4. The molecule has 1 saturated carbocycles. The molecule has 0 heterocycles. The molecule has 0 aliphatic heterocycles. The van der Waals surface area contributed by atoms with Crippen molar-refractivity contribution in [1.82, 2.24) is 4.72 Å². The molecule has 3 rings (SSSR count). The van der Waals surface area contributed by atoms with Gasteiger partial charge in [-0.25, -0.2) is 17.5 Å². The first-order valence-corrected chi connectivity index (χ1v) is 11.5. The van der Waals surface area contributed by atoms with Crippen LogP contribution >= 0.6 is 0 Å². The third kappa shape index (κ3) is 5.22. The normalized spacial score (nSPS) is 19.7. The van der Waals surface area contributed by atoms with E-state index in [0.29, 0.717) is 5.69 Å². The van der Waals surface area contributed by atoms with Crippen LogP contribution in [0.5, 0.6) is 0 Å². The van der Waals surface area contributed by atoms with Gasteiger partial charge in [0.05, 0.1) is 10.5 Å². The predicted octanol–water partition coefficient (Wildman–Crippen LogP) is 4.50. The summed E-state index contributed by atoms with van der Waals surface area (Å²) in [5.41, 5.74) is 1.34. The van der Waals surface area contributed by atoms with Gasteiger partial charge in [0.2, 0.25) is 10.0 Å². The highest BCUT2D eigenvalue weighted by molar-refractivity contribution is 7.89. The second-order valence-electron chi connectivity index (χ2n) is 7.64. The molecule has 1 amide bonds. The van der Waals surface area contributed by atoms with Crippen molar-refractivity contribution < 1.29 is 17.6 Å². The Morgan fingerprint density at radius 1 is 1.10 bits per heavy atom. The molecule has 1 aliphatic rings. The molecule has 2 N–H and O–H groups in total. The first-order valence-electron chi connectivity index (χ1n) is 10.0. The van der Waals surface area contributed by atoms with Gasteiger partial charge in [-0.15, -0.1) is 0 Å². The minimum absolute atomic E-state index is 0.108. The van der Waals surface area contributed by atoms with Crippen LogP contribution in [0, 0.1) is 11.7 Å². The van der Waals surface area contributed by atoms with Crippen molar-refractivity contribution in [3.8, 4) is 0 Å². The fraction of sp³-hybridized carbons (Fsp3) is 0.409. The van der Waals surface area contributed by atoms with E-state index in [2.05, 4.69) is 10.0 Å². The number of amides is 1. The molecule has 0 bridgehead atoms. The van der Waals surface area contributed by atoms with Gasteiger partial charge < -0.3 is 5.32 Å². The SMILES string of the molecule is CCc1ccc(NC(=O)c2cc(S(=O)(=O)N[C@H]3CCCC[C@@H]3C)ccc2F)cc1. The minimum atomic E-state index is -3.84. The van der Waals surface area contributed by atoms with Crippen LogP contribution in [-0.2, 0) is 16.4 Å². The Morgan fingerprint density at radius 2 is 1.79 bits per heavy atom. The second-order valence-corrected chi connectivity index (χ2v) is 9.35. The van der Waals surface area contributed by atoms with Crippen molar-refractivity contribution in [3.05, 3.63) is 59.4 Å². The van der Waals surface area contributed by atoms with Crippen LogP contribution in [0.1, 0.15) is 55.5 Å². The van der Waals surface area contributed by atoms with Gasteiger partial charge in [-0.05, 0) is 61.1 Å². The highest BCUT2D eigenvalue weighted by Gasteiger charge is 2.27. The van der Waals surface area contributed by atoms with E-state index in [-0.39, 0.29) is 22.4 Å². The number of rotatable bonds is 6. The Kier molecular flexibility index (Phi) is 6.70. The van der Waals surface area contributed by atoms with E-state index in [1.165, 1.54) is 6.07 Å². The molecule has 5 nitrogen and oxygen atoms in total. The van der Waals surface area contributed by atoms with Gasteiger partial charge in [-0.1, -0.05) is 38.8 Å². The average molecular weight is 419 g/mol. The van der Waals surface area contributed by atoms with Gasteiger partial charge in [-0.2, -0.15) is 0 Å². The van der Waals surface area contributed by atoms with E-state index in [9.17, 15) is 17.6 Å². The Balaban J connectivity index is 1.79. The summed E-state index contributed by atoms with van der Waals surface area (Å²) in [5, 5.41) is 2.62. The predicted molar refractivity (Wildman–Crippen MR) is 112 cm³/mol. The lowest BCUT2D eigenvalue weighted by atomic mass is 9.87. The number of halogens is 1. The zero-order valence-corrected chi connectivity index (χ0v) is 17.6. The number of benzene rings is 2. The number of sulfonamides is 1. The zero-order chi connectivity index (χ0) is 21.0. The number of carbonyl (C=O) groups is 1. The molecule has 7 heteroatoms. The molecule has 0 spiro atoms. The summed E-state index contributed by atoms with van der Waals surface area (Å²) in [6.45, 7) is 4.05. The van der Waals surface area contributed by atoms with Gasteiger partial charge >= 0.3 is 0 Å². The molecular weight excluding hydrogens is 391 g/mol. The quantitative estimate of drug-likeness (QED) is 0.725. The van der Waals surface area contributed by atoms with Crippen LogP contribution < -0.4 is 10.0 Å². The molecule has 0 radical (unpaired) electrons. The summed E-state index contributed by atoms with van der Waals surface area (Å²) in [4.78, 5) is 12.4. The van der Waals surface area contributed by atoms with E-state index >= 15 is 0 Å². The first kappa shape index (κ1) is 21.5. The average Bonchev–Trinajstić information content (AvgIpc) is 2.70. The number of nitrogens with one attached hydrogen (secondary N) is 2. The number of anilines is 1. The second kappa shape index (κ2) is 9.05. The Morgan fingerprint density at radius 3 is 2.45 bits per heavy atom. The van der Waals surface area contributed by atoms with Crippen molar-refractivity contribution in [2.24, 2.45) is 5.92 Å². The van der Waals surface area contributed by atoms with E-state index < -0.39 is 21.7 Å². The molecule has 2 atom stereocenters. The molecular formula is C22H27FN2O3S. The summed E-state index contributed by atoms with van der Waals surface area (Å²) in [5.74, 6) is -1.21. The van der Waals surface area contributed by atoms with Gasteiger partial charge in [0.15, 0.2) is 0 Å². The van der Waals surface area contributed by atoms with Crippen LogP contribution in [-0.4, -0.2) is 20.4 Å². The van der Waals surface area contributed by atoms with Gasteiger partial charge in [0.1, 0.15) is 5.82 Å². The van der Waals surface area contributed by atoms with Crippen molar-refractivity contribution in [2.75, 3.05) is 5.32 Å². The van der Waals surface area contributed by atoms with E-state index in [0.717, 1.165) is 49.8 Å². The Hall–Kier alpha value is -2.25. The van der Waals surface area contributed by atoms with Crippen molar-refractivity contribution in [1.29, 1.82) is 0 Å². The Bertz CT molecular complexity index is 974. The van der Waals surface area contributed by atoms with Crippen LogP contribution in [0.3, 0.4) is 0 Å². The maximum Gasteiger partial charge on any atom is 0.258 e. The largest absolute Gasteiger partial charge is 0.322 e. The van der Waals surface area contributed by atoms with Crippen LogP contribution in [0.15, 0.2) is 47.4 Å². The van der Waals surface area contributed by atoms with Crippen LogP contribution in [0.4, 0.5) is 10.1 Å². The van der Waals surface area contributed by atoms with Crippen molar-refractivity contribution >= 4 is 21.6 Å². The number of hydrogen-bond donors (Lipinski definition) is 2. The summed E-state index contributed by atoms with van der Waals surface area (Å²) in [7, 11) is -3.84. The highest BCUT2D eigenvalue weighted by Crippen LogP contribution is 2.26.